The van der Waals surface area contributed by atoms with E-state index in [1.54, 1.807) is 0 Å². The minimum Gasteiger partial charge on any atom is -0.0773 e. The fraction of sp³-hybridized carbons (Fsp3) is 0.167. The quantitative estimate of drug-likeness (QED) is 0.540. The van der Waals surface area contributed by atoms with Crippen LogP contribution in [0.15, 0.2) is 36.4 Å². The number of allylic oxidation sites excluding steroid dienone is 2. The van der Waals surface area contributed by atoms with Crippen LogP contribution in [0.2, 0.25) is 0 Å². The molecule has 0 fully saturated rings. The second-order valence-electron chi connectivity index (χ2n) is 3.21. The van der Waals surface area contributed by atoms with Crippen molar-refractivity contribution in [1.82, 2.24) is 0 Å². The van der Waals surface area contributed by atoms with E-state index in [1.165, 1.54) is 11.1 Å². The molecule has 0 heteroatoms. The van der Waals surface area contributed by atoms with E-state index in [9.17, 15) is 0 Å². The third-order valence-corrected chi connectivity index (χ3v) is 2.15. The molecule has 1 aromatic carbocycles. The summed E-state index contributed by atoms with van der Waals surface area (Å²) in [7, 11) is 0. The maximum atomic E-state index is 2.22. The van der Waals surface area contributed by atoms with E-state index in [0.717, 1.165) is 0 Å². The first kappa shape index (κ1) is 7.35. The van der Waals surface area contributed by atoms with Crippen molar-refractivity contribution in [2.24, 2.45) is 5.92 Å². The SMILES string of the molecule is CC1C=Cc2ccccc2C=C1. The predicted molar refractivity (Wildman–Crippen MR) is 53.7 cm³/mol. The Morgan fingerprint density at radius 2 is 1.42 bits per heavy atom. The summed E-state index contributed by atoms with van der Waals surface area (Å²) in [5.41, 5.74) is 2.64. The molecule has 0 saturated carbocycles. The van der Waals surface area contributed by atoms with Crippen LogP contribution in [0.25, 0.3) is 12.2 Å². The summed E-state index contributed by atoms with van der Waals surface area (Å²) >= 11 is 0. The summed E-state index contributed by atoms with van der Waals surface area (Å²) in [4.78, 5) is 0. The van der Waals surface area contributed by atoms with Gasteiger partial charge in [0, 0.05) is 0 Å². The van der Waals surface area contributed by atoms with E-state index >= 15 is 0 Å². The summed E-state index contributed by atoms with van der Waals surface area (Å²) < 4.78 is 0. The lowest BCUT2D eigenvalue weighted by molar-refractivity contribution is 0.954. The van der Waals surface area contributed by atoms with Crippen LogP contribution in [0.3, 0.4) is 0 Å². The molecule has 0 atom stereocenters. The van der Waals surface area contributed by atoms with Gasteiger partial charge in [0.2, 0.25) is 0 Å². The molecule has 0 N–H and O–H groups in total. The van der Waals surface area contributed by atoms with Crippen molar-refractivity contribution >= 4 is 12.2 Å². The van der Waals surface area contributed by atoms with Crippen LogP contribution in [-0.2, 0) is 0 Å². The van der Waals surface area contributed by atoms with Gasteiger partial charge < -0.3 is 0 Å². The average Bonchev–Trinajstić information content (AvgIpc) is 2.29. The second-order valence-corrected chi connectivity index (χ2v) is 3.21. The third kappa shape index (κ3) is 1.33. The number of hydrogen-bond acceptors (Lipinski definition) is 0. The first-order valence-electron chi connectivity index (χ1n) is 4.32. The highest BCUT2D eigenvalue weighted by atomic mass is 14.0. The molecule has 60 valence electrons. The van der Waals surface area contributed by atoms with Crippen molar-refractivity contribution < 1.29 is 0 Å². The average molecular weight is 156 g/mol. The molecule has 0 heterocycles. The van der Waals surface area contributed by atoms with Gasteiger partial charge in [0.15, 0.2) is 0 Å². The Hall–Kier alpha value is -1.30. The fourth-order valence-corrected chi connectivity index (χ4v) is 1.39. The van der Waals surface area contributed by atoms with Gasteiger partial charge in [-0.1, -0.05) is 55.5 Å². The first-order valence-corrected chi connectivity index (χ1v) is 4.32. The molecule has 0 bridgehead atoms. The highest BCUT2D eigenvalue weighted by Crippen LogP contribution is 2.18. The Morgan fingerprint density at radius 3 is 1.92 bits per heavy atom. The molecule has 0 nitrogen and oxygen atoms in total. The standard InChI is InChI=1S/C12H12/c1-10-6-8-11-4-2-3-5-12(11)9-7-10/h2-10H,1H3. The fourth-order valence-electron chi connectivity index (χ4n) is 1.39. The number of fused-ring (bicyclic) bond motifs is 1. The van der Waals surface area contributed by atoms with Crippen molar-refractivity contribution in [3.05, 3.63) is 47.5 Å². The number of hydrogen-bond donors (Lipinski definition) is 0. The van der Waals surface area contributed by atoms with Gasteiger partial charge in [-0.25, -0.2) is 0 Å². The molecule has 1 aliphatic rings. The summed E-state index contributed by atoms with van der Waals surface area (Å²) in [6.07, 6.45) is 8.84. The lowest BCUT2D eigenvalue weighted by atomic mass is 10.1. The summed E-state index contributed by atoms with van der Waals surface area (Å²) in [6.45, 7) is 2.19. The normalized spacial score (nSPS) is 15.8. The first-order chi connectivity index (χ1) is 5.86. The monoisotopic (exact) mass is 156 g/mol. The molecule has 1 aromatic rings. The number of benzene rings is 1. The molecule has 12 heavy (non-hydrogen) atoms. The molecule has 0 aromatic heterocycles. The van der Waals surface area contributed by atoms with E-state index in [-0.39, 0.29) is 0 Å². The van der Waals surface area contributed by atoms with Gasteiger partial charge >= 0.3 is 0 Å². The van der Waals surface area contributed by atoms with Gasteiger partial charge in [-0.3, -0.25) is 0 Å². The van der Waals surface area contributed by atoms with Gasteiger partial charge in [0.1, 0.15) is 0 Å². The molecular formula is C12H12. The van der Waals surface area contributed by atoms with E-state index < -0.39 is 0 Å². The Bertz CT molecular complexity index is 299. The molecule has 0 saturated heterocycles. The smallest absolute Gasteiger partial charge is 0.00752 e. The lowest BCUT2D eigenvalue weighted by Crippen LogP contribution is -1.77. The highest BCUT2D eigenvalue weighted by molar-refractivity contribution is 5.67. The second kappa shape index (κ2) is 2.98. The maximum absolute atomic E-state index is 2.22. The van der Waals surface area contributed by atoms with E-state index in [1.807, 2.05) is 0 Å². The predicted octanol–water partition coefficient (Wildman–Crippen LogP) is 3.36. The van der Waals surface area contributed by atoms with Crippen LogP contribution in [0.5, 0.6) is 0 Å². The topological polar surface area (TPSA) is 0 Å². The minimum absolute atomic E-state index is 0.553. The van der Waals surface area contributed by atoms with Crippen LogP contribution < -0.4 is 0 Å². The molecule has 0 unspecified atom stereocenters. The largest absolute Gasteiger partial charge is 0.0773 e. The molecular weight excluding hydrogens is 144 g/mol. The van der Waals surface area contributed by atoms with E-state index in [0.29, 0.717) is 5.92 Å². The van der Waals surface area contributed by atoms with Crippen molar-refractivity contribution in [2.45, 2.75) is 6.92 Å². The van der Waals surface area contributed by atoms with Crippen molar-refractivity contribution in [1.29, 1.82) is 0 Å². The molecule has 0 spiro atoms. The molecule has 0 aliphatic heterocycles. The highest BCUT2D eigenvalue weighted by Gasteiger charge is 1.99. The van der Waals surface area contributed by atoms with Gasteiger partial charge in [-0.2, -0.15) is 0 Å². The molecule has 0 amide bonds. The molecule has 0 radical (unpaired) electrons. The van der Waals surface area contributed by atoms with Crippen molar-refractivity contribution in [3.8, 4) is 0 Å². The molecule has 1 aliphatic carbocycles. The lowest BCUT2D eigenvalue weighted by Gasteiger charge is -1.96. The van der Waals surface area contributed by atoms with Crippen molar-refractivity contribution in [2.75, 3.05) is 0 Å². The zero-order valence-electron chi connectivity index (χ0n) is 7.20. The molecule has 2 rings (SSSR count). The van der Waals surface area contributed by atoms with Crippen LogP contribution in [0.4, 0.5) is 0 Å². The minimum atomic E-state index is 0.553. The summed E-state index contributed by atoms with van der Waals surface area (Å²) in [5.74, 6) is 0.553. The van der Waals surface area contributed by atoms with Crippen LogP contribution >= 0.6 is 0 Å². The Labute approximate surface area is 73.2 Å². The van der Waals surface area contributed by atoms with Crippen LogP contribution in [0.1, 0.15) is 18.1 Å². The van der Waals surface area contributed by atoms with Gasteiger partial charge in [0.25, 0.3) is 0 Å². The third-order valence-electron chi connectivity index (χ3n) is 2.15. The van der Waals surface area contributed by atoms with E-state index in [2.05, 4.69) is 55.5 Å². The Balaban J connectivity index is 2.52. The van der Waals surface area contributed by atoms with Crippen LogP contribution in [-0.4, -0.2) is 0 Å². The van der Waals surface area contributed by atoms with Crippen LogP contribution in [0, 0.1) is 5.92 Å². The zero-order chi connectivity index (χ0) is 8.39. The summed E-state index contributed by atoms with van der Waals surface area (Å²) in [6, 6.07) is 8.45. The summed E-state index contributed by atoms with van der Waals surface area (Å²) in [5, 5.41) is 0. The van der Waals surface area contributed by atoms with Crippen molar-refractivity contribution in [3.63, 3.8) is 0 Å². The Kier molecular flexibility index (Phi) is 1.83. The number of rotatable bonds is 0. The Morgan fingerprint density at radius 1 is 0.917 bits per heavy atom. The van der Waals surface area contributed by atoms with Gasteiger partial charge in [-0.05, 0) is 17.0 Å². The van der Waals surface area contributed by atoms with Gasteiger partial charge in [0.05, 0.1) is 0 Å². The van der Waals surface area contributed by atoms with E-state index in [4.69, 9.17) is 0 Å². The zero-order valence-corrected chi connectivity index (χ0v) is 7.20. The van der Waals surface area contributed by atoms with Gasteiger partial charge in [-0.15, -0.1) is 0 Å². The maximum Gasteiger partial charge on any atom is -0.00752 e.